The number of nitro groups is 1. The second kappa shape index (κ2) is 6.59. The van der Waals surface area contributed by atoms with E-state index in [2.05, 4.69) is 10.2 Å². The van der Waals surface area contributed by atoms with Gasteiger partial charge in [0.15, 0.2) is 0 Å². The first kappa shape index (κ1) is 14.6. The summed E-state index contributed by atoms with van der Waals surface area (Å²) in [7, 11) is 2.05. The van der Waals surface area contributed by atoms with E-state index in [1.807, 2.05) is 20.0 Å². The van der Waals surface area contributed by atoms with Crippen molar-refractivity contribution in [2.24, 2.45) is 0 Å². The molecule has 1 aliphatic rings. The minimum absolute atomic E-state index is 0.154. The maximum atomic E-state index is 11.1. The van der Waals surface area contributed by atoms with Crippen molar-refractivity contribution in [1.29, 1.82) is 0 Å². The lowest BCUT2D eigenvalue weighted by atomic mass is 9.94. The average Bonchev–Trinajstić information content (AvgIpc) is 2.47. The van der Waals surface area contributed by atoms with E-state index in [-0.39, 0.29) is 10.6 Å². The van der Waals surface area contributed by atoms with E-state index in [0.717, 1.165) is 17.9 Å². The van der Waals surface area contributed by atoms with Gasteiger partial charge in [-0.3, -0.25) is 10.1 Å². The Morgan fingerprint density at radius 2 is 2.00 bits per heavy atom. The summed E-state index contributed by atoms with van der Waals surface area (Å²) < 4.78 is 0. The summed E-state index contributed by atoms with van der Waals surface area (Å²) in [6.45, 7) is 2.75. The molecule has 0 saturated heterocycles. The average molecular weight is 277 g/mol. The van der Waals surface area contributed by atoms with Gasteiger partial charge in [0.05, 0.1) is 4.92 Å². The number of hydrogen-bond acceptors (Lipinski definition) is 4. The van der Waals surface area contributed by atoms with E-state index in [1.165, 1.54) is 32.1 Å². The van der Waals surface area contributed by atoms with Gasteiger partial charge in [0.1, 0.15) is 0 Å². The molecular weight excluding hydrogens is 254 g/mol. The van der Waals surface area contributed by atoms with Crippen LogP contribution in [0.1, 0.15) is 39.0 Å². The zero-order valence-electron chi connectivity index (χ0n) is 12.3. The lowest BCUT2D eigenvalue weighted by Gasteiger charge is -2.33. The van der Waals surface area contributed by atoms with E-state index in [0.29, 0.717) is 6.04 Å². The summed E-state index contributed by atoms with van der Waals surface area (Å²) in [5.74, 6) is 0. The number of non-ortho nitro benzene ring substituents is 1. The third-order valence-corrected chi connectivity index (χ3v) is 4.02. The molecule has 0 aromatic heterocycles. The summed E-state index contributed by atoms with van der Waals surface area (Å²) in [5.41, 5.74) is 1.91. The third-order valence-electron chi connectivity index (χ3n) is 4.02. The van der Waals surface area contributed by atoms with E-state index < -0.39 is 0 Å². The molecule has 0 spiro atoms. The van der Waals surface area contributed by atoms with Crippen LogP contribution in [-0.4, -0.2) is 24.6 Å². The van der Waals surface area contributed by atoms with E-state index >= 15 is 0 Å². The number of hydrogen-bond donors (Lipinski definition) is 1. The van der Waals surface area contributed by atoms with Crippen molar-refractivity contribution < 1.29 is 4.92 Å². The molecule has 110 valence electrons. The number of anilines is 2. The predicted octanol–water partition coefficient (Wildman–Crippen LogP) is 3.80. The van der Waals surface area contributed by atoms with Gasteiger partial charge in [0.25, 0.3) is 5.69 Å². The molecule has 1 fully saturated rings. The number of rotatable bonds is 5. The van der Waals surface area contributed by atoms with Crippen LogP contribution in [0.3, 0.4) is 0 Å². The maximum absolute atomic E-state index is 11.1. The van der Waals surface area contributed by atoms with Gasteiger partial charge in [0.2, 0.25) is 0 Å². The Hall–Kier alpha value is -1.78. The molecule has 1 saturated carbocycles. The highest BCUT2D eigenvalue weighted by molar-refractivity contribution is 5.64. The largest absolute Gasteiger partial charge is 0.385 e. The van der Waals surface area contributed by atoms with Gasteiger partial charge >= 0.3 is 0 Å². The van der Waals surface area contributed by atoms with Crippen LogP contribution in [0.4, 0.5) is 17.1 Å². The Morgan fingerprint density at radius 1 is 1.30 bits per heavy atom. The van der Waals surface area contributed by atoms with Crippen LogP contribution in [0.5, 0.6) is 0 Å². The Bertz CT molecular complexity index is 470. The Morgan fingerprint density at radius 3 is 2.60 bits per heavy atom. The van der Waals surface area contributed by atoms with Crippen LogP contribution in [-0.2, 0) is 0 Å². The standard InChI is InChI=1S/C15H23N3O2/c1-3-16-12-9-14(11-15(10-12)18(19)20)17(2)13-7-5-4-6-8-13/h9-11,13,16H,3-8H2,1-2H3. The quantitative estimate of drug-likeness (QED) is 0.657. The fourth-order valence-corrected chi connectivity index (χ4v) is 2.89. The summed E-state index contributed by atoms with van der Waals surface area (Å²) in [6.07, 6.45) is 6.17. The molecule has 1 aliphatic carbocycles. The molecule has 0 bridgehead atoms. The van der Waals surface area contributed by atoms with Crippen LogP contribution in [0, 0.1) is 10.1 Å². The van der Waals surface area contributed by atoms with E-state index in [4.69, 9.17) is 0 Å². The number of benzene rings is 1. The van der Waals surface area contributed by atoms with Crippen molar-refractivity contribution in [3.05, 3.63) is 28.3 Å². The zero-order valence-corrected chi connectivity index (χ0v) is 12.3. The zero-order chi connectivity index (χ0) is 14.5. The molecule has 5 heteroatoms. The highest BCUT2D eigenvalue weighted by Gasteiger charge is 2.20. The van der Waals surface area contributed by atoms with Gasteiger partial charge in [-0.05, 0) is 25.8 Å². The third kappa shape index (κ3) is 3.40. The molecule has 0 aliphatic heterocycles. The van der Waals surface area contributed by atoms with Crippen LogP contribution in [0.15, 0.2) is 18.2 Å². The Kier molecular flexibility index (Phi) is 4.82. The van der Waals surface area contributed by atoms with E-state index in [9.17, 15) is 10.1 Å². The topological polar surface area (TPSA) is 58.4 Å². The molecular formula is C15H23N3O2. The Balaban J connectivity index is 2.26. The minimum Gasteiger partial charge on any atom is -0.385 e. The molecule has 5 nitrogen and oxygen atoms in total. The van der Waals surface area contributed by atoms with Crippen LogP contribution < -0.4 is 10.2 Å². The van der Waals surface area contributed by atoms with Gasteiger partial charge in [0, 0.05) is 43.1 Å². The van der Waals surface area contributed by atoms with Crippen molar-refractivity contribution in [3.8, 4) is 0 Å². The fraction of sp³-hybridized carbons (Fsp3) is 0.600. The summed E-state index contributed by atoms with van der Waals surface area (Å²) in [4.78, 5) is 12.9. The minimum atomic E-state index is -0.320. The first-order valence-electron chi connectivity index (χ1n) is 7.38. The number of nitrogens with one attached hydrogen (secondary N) is 1. The molecule has 0 radical (unpaired) electrons. The normalized spacial score (nSPS) is 15.9. The van der Waals surface area contributed by atoms with Gasteiger partial charge in [-0.15, -0.1) is 0 Å². The lowest BCUT2D eigenvalue weighted by Crippen LogP contribution is -2.33. The lowest BCUT2D eigenvalue weighted by molar-refractivity contribution is -0.384. The monoisotopic (exact) mass is 277 g/mol. The van der Waals surface area contributed by atoms with Crippen molar-refractivity contribution >= 4 is 17.1 Å². The van der Waals surface area contributed by atoms with Crippen LogP contribution in [0.25, 0.3) is 0 Å². The predicted molar refractivity (Wildman–Crippen MR) is 82.5 cm³/mol. The van der Waals surface area contributed by atoms with Crippen molar-refractivity contribution in [2.45, 2.75) is 45.1 Å². The Labute approximate surface area is 120 Å². The van der Waals surface area contributed by atoms with Crippen LogP contribution >= 0.6 is 0 Å². The second-order valence-electron chi connectivity index (χ2n) is 5.43. The fourth-order valence-electron chi connectivity index (χ4n) is 2.89. The summed E-state index contributed by atoms with van der Waals surface area (Å²) >= 11 is 0. The molecule has 0 atom stereocenters. The van der Waals surface area contributed by atoms with Gasteiger partial charge in [-0.1, -0.05) is 19.3 Å². The molecule has 1 N–H and O–H groups in total. The first-order chi connectivity index (χ1) is 9.61. The molecule has 0 heterocycles. The van der Waals surface area contributed by atoms with Crippen molar-refractivity contribution in [2.75, 3.05) is 23.8 Å². The smallest absolute Gasteiger partial charge is 0.273 e. The van der Waals surface area contributed by atoms with E-state index in [1.54, 1.807) is 12.1 Å². The van der Waals surface area contributed by atoms with Crippen molar-refractivity contribution in [1.82, 2.24) is 0 Å². The highest BCUT2D eigenvalue weighted by atomic mass is 16.6. The SMILES string of the molecule is CCNc1cc(N(C)C2CCCCC2)cc([N+](=O)[O-])c1. The molecule has 20 heavy (non-hydrogen) atoms. The van der Waals surface area contributed by atoms with Gasteiger partial charge in [-0.25, -0.2) is 0 Å². The second-order valence-corrected chi connectivity index (χ2v) is 5.43. The molecule has 1 aromatic carbocycles. The van der Waals surface area contributed by atoms with Gasteiger partial charge < -0.3 is 10.2 Å². The summed E-state index contributed by atoms with van der Waals surface area (Å²) in [5, 5.41) is 14.2. The molecule has 1 aromatic rings. The number of nitrogens with zero attached hydrogens (tertiary/aromatic N) is 2. The molecule has 2 rings (SSSR count). The summed E-state index contributed by atoms with van der Waals surface area (Å²) in [6, 6.07) is 5.78. The first-order valence-corrected chi connectivity index (χ1v) is 7.38. The van der Waals surface area contributed by atoms with Gasteiger partial charge in [-0.2, -0.15) is 0 Å². The highest BCUT2D eigenvalue weighted by Crippen LogP contribution is 2.31. The van der Waals surface area contributed by atoms with Crippen molar-refractivity contribution in [3.63, 3.8) is 0 Å². The number of nitro benzene ring substituents is 1. The maximum Gasteiger partial charge on any atom is 0.273 e. The molecule has 0 unspecified atom stereocenters. The molecule has 0 amide bonds. The van der Waals surface area contributed by atoms with Crippen LogP contribution in [0.2, 0.25) is 0 Å².